The fraction of sp³-hybridized carbons (Fsp3) is 0.105. The van der Waals surface area contributed by atoms with Gasteiger partial charge in [-0.1, -0.05) is 41.1 Å². The molecular weight excluding hydrogens is 386 g/mol. The van der Waals surface area contributed by atoms with Crippen molar-refractivity contribution in [3.8, 4) is 5.75 Å². The van der Waals surface area contributed by atoms with E-state index < -0.39 is 5.97 Å². The van der Waals surface area contributed by atoms with Gasteiger partial charge < -0.3 is 9.47 Å². The molecule has 0 aromatic heterocycles. The standard InChI is InChI=1S/C19H14BrNO4/c1-2-17(22)24-16-6-4-3-5-13(16)11-15-19(23)25-18(21-15)12-7-9-14(20)10-8-12/h3-11H,2H2,1H3/b15-11-. The van der Waals surface area contributed by atoms with Crippen LogP contribution in [0.2, 0.25) is 0 Å². The van der Waals surface area contributed by atoms with Gasteiger partial charge in [0.1, 0.15) is 5.75 Å². The molecule has 0 N–H and O–H groups in total. The molecule has 5 nitrogen and oxygen atoms in total. The van der Waals surface area contributed by atoms with Gasteiger partial charge in [0.2, 0.25) is 5.90 Å². The fourth-order valence-corrected chi connectivity index (χ4v) is 2.42. The molecule has 0 radical (unpaired) electrons. The molecule has 126 valence electrons. The molecule has 0 unspecified atom stereocenters. The third-order valence-electron chi connectivity index (χ3n) is 3.44. The number of carbonyl (C=O) groups excluding carboxylic acids is 2. The number of esters is 2. The first-order valence-corrected chi connectivity index (χ1v) is 8.44. The average Bonchev–Trinajstić information content (AvgIpc) is 2.98. The monoisotopic (exact) mass is 399 g/mol. The van der Waals surface area contributed by atoms with Gasteiger partial charge in [-0.05, 0) is 36.4 Å². The Morgan fingerprint density at radius 1 is 1.20 bits per heavy atom. The number of rotatable bonds is 4. The van der Waals surface area contributed by atoms with Crippen LogP contribution in [0.15, 0.2) is 63.7 Å². The van der Waals surface area contributed by atoms with E-state index in [9.17, 15) is 9.59 Å². The number of hydrogen-bond donors (Lipinski definition) is 0. The van der Waals surface area contributed by atoms with E-state index >= 15 is 0 Å². The van der Waals surface area contributed by atoms with Crippen molar-refractivity contribution in [2.45, 2.75) is 13.3 Å². The molecule has 0 atom stereocenters. The van der Waals surface area contributed by atoms with Gasteiger partial charge in [0, 0.05) is 22.0 Å². The Balaban J connectivity index is 1.92. The van der Waals surface area contributed by atoms with Crippen molar-refractivity contribution in [3.05, 3.63) is 69.8 Å². The van der Waals surface area contributed by atoms with E-state index in [2.05, 4.69) is 20.9 Å². The van der Waals surface area contributed by atoms with Crippen LogP contribution >= 0.6 is 15.9 Å². The van der Waals surface area contributed by atoms with Gasteiger partial charge in [-0.25, -0.2) is 9.79 Å². The van der Waals surface area contributed by atoms with Crippen LogP contribution in [-0.2, 0) is 14.3 Å². The van der Waals surface area contributed by atoms with E-state index in [0.29, 0.717) is 16.9 Å². The number of halogens is 1. The highest BCUT2D eigenvalue weighted by molar-refractivity contribution is 9.10. The maximum atomic E-state index is 12.1. The average molecular weight is 400 g/mol. The molecule has 25 heavy (non-hydrogen) atoms. The topological polar surface area (TPSA) is 65.0 Å². The molecular formula is C19H14BrNO4. The molecule has 1 heterocycles. The molecule has 2 aromatic carbocycles. The fourth-order valence-electron chi connectivity index (χ4n) is 2.16. The van der Waals surface area contributed by atoms with Gasteiger partial charge in [0.05, 0.1) is 0 Å². The van der Waals surface area contributed by atoms with Crippen LogP contribution in [-0.4, -0.2) is 17.8 Å². The predicted molar refractivity (Wildman–Crippen MR) is 97.1 cm³/mol. The van der Waals surface area contributed by atoms with Crippen LogP contribution in [0.1, 0.15) is 24.5 Å². The summed E-state index contributed by atoms with van der Waals surface area (Å²) in [7, 11) is 0. The van der Waals surface area contributed by atoms with E-state index in [1.54, 1.807) is 49.4 Å². The number of nitrogens with zero attached hydrogens (tertiary/aromatic N) is 1. The summed E-state index contributed by atoms with van der Waals surface area (Å²) in [6.45, 7) is 1.71. The summed E-state index contributed by atoms with van der Waals surface area (Å²) in [6.07, 6.45) is 1.81. The zero-order chi connectivity index (χ0) is 17.8. The van der Waals surface area contributed by atoms with Gasteiger partial charge in [0.15, 0.2) is 5.70 Å². The van der Waals surface area contributed by atoms with Gasteiger partial charge in [-0.2, -0.15) is 0 Å². The normalized spacial score (nSPS) is 15.0. The van der Waals surface area contributed by atoms with Crippen LogP contribution < -0.4 is 4.74 Å². The molecule has 0 bridgehead atoms. The molecule has 6 heteroatoms. The van der Waals surface area contributed by atoms with Gasteiger partial charge >= 0.3 is 11.9 Å². The predicted octanol–water partition coefficient (Wildman–Crippen LogP) is 4.11. The molecule has 0 aliphatic carbocycles. The Hall–Kier alpha value is -2.73. The third kappa shape index (κ3) is 4.03. The summed E-state index contributed by atoms with van der Waals surface area (Å²) < 4.78 is 11.4. The number of carbonyl (C=O) groups is 2. The summed E-state index contributed by atoms with van der Waals surface area (Å²) in [5.41, 5.74) is 1.43. The van der Waals surface area contributed by atoms with Crippen molar-refractivity contribution in [2.75, 3.05) is 0 Å². The van der Waals surface area contributed by atoms with E-state index in [1.165, 1.54) is 0 Å². The second-order valence-electron chi connectivity index (χ2n) is 5.21. The molecule has 0 fully saturated rings. The maximum absolute atomic E-state index is 12.1. The van der Waals surface area contributed by atoms with E-state index in [0.717, 1.165) is 4.47 Å². The smallest absolute Gasteiger partial charge is 0.363 e. The lowest BCUT2D eigenvalue weighted by Gasteiger charge is -2.06. The number of ether oxygens (including phenoxy) is 2. The Kier molecular flexibility index (Phi) is 5.09. The number of para-hydroxylation sites is 1. The third-order valence-corrected chi connectivity index (χ3v) is 3.96. The summed E-state index contributed by atoms with van der Waals surface area (Å²) >= 11 is 3.35. The van der Waals surface area contributed by atoms with Crippen molar-refractivity contribution in [3.63, 3.8) is 0 Å². The van der Waals surface area contributed by atoms with Crippen LogP contribution in [0.4, 0.5) is 0 Å². The molecule has 0 saturated carbocycles. The zero-order valence-electron chi connectivity index (χ0n) is 13.4. The van der Waals surface area contributed by atoms with Gasteiger partial charge in [-0.3, -0.25) is 4.79 Å². The minimum atomic E-state index is -0.547. The summed E-state index contributed by atoms with van der Waals surface area (Å²) in [4.78, 5) is 27.9. The highest BCUT2D eigenvalue weighted by Crippen LogP contribution is 2.25. The zero-order valence-corrected chi connectivity index (χ0v) is 14.9. The van der Waals surface area contributed by atoms with E-state index in [1.807, 2.05) is 12.1 Å². The molecule has 3 rings (SSSR count). The maximum Gasteiger partial charge on any atom is 0.363 e. The van der Waals surface area contributed by atoms with Gasteiger partial charge in [0.25, 0.3) is 0 Å². The molecule has 1 aliphatic heterocycles. The summed E-state index contributed by atoms with van der Waals surface area (Å²) in [6, 6.07) is 14.2. The number of cyclic esters (lactones) is 1. The highest BCUT2D eigenvalue weighted by atomic mass is 79.9. The van der Waals surface area contributed by atoms with Crippen LogP contribution in [0.3, 0.4) is 0 Å². The van der Waals surface area contributed by atoms with Crippen molar-refractivity contribution in [2.24, 2.45) is 4.99 Å². The molecule has 0 saturated heterocycles. The first-order valence-electron chi connectivity index (χ1n) is 7.65. The molecule has 2 aromatic rings. The second-order valence-corrected chi connectivity index (χ2v) is 6.12. The number of hydrogen-bond acceptors (Lipinski definition) is 5. The first kappa shape index (κ1) is 17.1. The quantitative estimate of drug-likeness (QED) is 0.440. The summed E-state index contributed by atoms with van der Waals surface area (Å²) in [5, 5.41) is 0. The van der Waals surface area contributed by atoms with E-state index in [4.69, 9.17) is 9.47 Å². The second kappa shape index (κ2) is 7.44. The van der Waals surface area contributed by atoms with Crippen LogP contribution in [0.25, 0.3) is 6.08 Å². The van der Waals surface area contributed by atoms with Crippen molar-refractivity contribution in [1.82, 2.24) is 0 Å². The Morgan fingerprint density at radius 3 is 2.64 bits per heavy atom. The number of benzene rings is 2. The van der Waals surface area contributed by atoms with Crippen LogP contribution in [0.5, 0.6) is 5.75 Å². The van der Waals surface area contributed by atoms with Gasteiger partial charge in [-0.15, -0.1) is 0 Å². The molecule has 0 spiro atoms. The first-order chi connectivity index (χ1) is 12.1. The van der Waals surface area contributed by atoms with Crippen molar-refractivity contribution >= 4 is 39.8 Å². The lowest BCUT2D eigenvalue weighted by molar-refractivity contribution is -0.134. The minimum absolute atomic E-state index is 0.151. The van der Waals surface area contributed by atoms with Crippen molar-refractivity contribution in [1.29, 1.82) is 0 Å². The van der Waals surface area contributed by atoms with E-state index in [-0.39, 0.29) is 24.0 Å². The van der Waals surface area contributed by atoms with Crippen LogP contribution in [0, 0.1) is 0 Å². The largest absolute Gasteiger partial charge is 0.426 e. The molecule has 1 aliphatic rings. The highest BCUT2D eigenvalue weighted by Gasteiger charge is 2.24. The Labute approximate surface area is 153 Å². The Morgan fingerprint density at radius 2 is 1.92 bits per heavy atom. The Bertz CT molecular complexity index is 885. The lowest BCUT2D eigenvalue weighted by Crippen LogP contribution is -2.07. The number of aliphatic imine (C=N–C) groups is 1. The SMILES string of the molecule is CCC(=O)Oc1ccccc1/C=C1\N=C(c2ccc(Br)cc2)OC1=O. The minimum Gasteiger partial charge on any atom is -0.426 e. The lowest BCUT2D eigenvalue weighted by atomic mass is 10.1. The van der Waals surface area contributed by atoms with Crippen molar-refractivity contribution < 1.29 is 19.1 Å². The molecule has 0 amide bonds. The summed E-state index contributed by atoms with van der Waals surface area (Å²) in [5.74, 6) is -0.276.